The molecule has 1 aliphatic carbocycles. The second-order valence-electron chi connectivity index (χ2n) is 3.01. The summed E-state index contributed by atoms with van der Waals surface area (Å²) >= 11 is 0. The molecule has 1 atom stereocenters. The summed E-state index contributed by atoms with van der Waals surface area (Å²) in [6, 6.07) is 4.71. The van der Waals surface area contributed by atoms with E-state index in [0.29, 0.717) is 5.75 Å². The number of aliphatic hydroxyl groups excluding tert-OH is 1. The first kappa shape index (κ1) is 8.90. The van der Waals surface area contributed by atoms with Gasteiger partial charge in [0.05, 0.1) is 12.7 Å². The van der Waals surface area contributed by atoms with Gasteiger partial charge in [-0.15, -0.1) is 0 Å². The average Bonchev–Trinajstić information content (AvgIpc) is 2.44. The number of carbonyl (C=O) groups is 2. The summed E-state index contributed by atoms with van der Waals surface area (Å²) in [6.45, 7) is 0. The molecule has 1 aliphatic rings. The molecule has 72 valence electrons. The van der Waals surface area contributed by atoms with Crippen molar-refractivity contribution in [3.05, 3.63) is 29.3 Å². The quantitative estimate of drug-likeness (QED) is 0.655. The highest BCUT2D eigenvalue weighted by molar-refractivity contribution is 6.29. The molecule has 0 saturated carbocycles. The fraction of sp³-hybridized carbons (Fsp3) is 0.200. The molecular weight excluding hydrogens is 184 g/mol. The molecule has 1 N–H and O–H groups in total. The van der Waals surface area contributed by atoms with Crippen LogP contribution >= 0.6 is 0 Å². The summed E-state index contributed by atoms with van der Waals surface area (Å²) < 4.78 is 4.94. The number of hydrogen-bond donors (Lipinski definition) is 1. The Hall–Kier alpha value is -1.68. The van der Waals surface area contributed by atoms with E-state index in [4.69, 9.17) is 4.74 Å². The van der Waals surface area contributed by atoms with Gasteiger partial charge in [0.2, 0.25) is 5.78 Å². The summed E-state index contributed by atoms with van der Waals surface area (Å²) in [4.78, 5) is 22.8. The molecule has 1 unspecified atom stereocenters. The van der Waals surface area contributed by atoms with Gasteiger partial charge < -0.3 is 9.84 Å². The molecule has 0 heterocycles. The van der Waals surface area contributed by atoms with E-state index < -0.39 is 17.7 Å². The van der Waals surface area contributed by atoms with Crippen molar-refractivity contribution in [1.82, 2.24) is 0 Å². The van der Waals surface area contributed by atoms with Gasteiger partial charge >= 0.3 is 0 Å². The SMILES string of the molecule is COc1cccc2c1C(=O)C(O)C2=O. The number of ether oxygens (including phenoxy) is 1. The molecule has 4 heteroatoms. The van der Waals surface area contributed by atoms with Gasteiger partial charge in [-0.3, -0.25) is 9.59 Å². The van der Waals surface area contributed by atoms with E-state index in [1.165, 1.54) is 13.2 Å². The third kappa shape index (κ3) is 0.975. The van der Waals surface area contributed by atoms with Gasteiger partial charge in [0.1, 0.15) is 5.75 Å². The predicted octanol–water partition coefficient (Wildman–Crippen LogP) is 0.435. The molecule has 0 bridgehead atoms. The first-order valence-electron chi connectivity index (χ1n) is 4.10. The van der Waals surface area contributed by atoms with E-state index in [0.717, 1.165) is 0 Å². The van der Waals surface area contributed by atoms with Gasteiger partial charge in [-0.25, -0.2) is 0 Å². The number of aliphatic hydroxyl groups is 1. The van der Waals surface area contributed by atoms with Crippen molar-refractivity contribution in [2.75, 3.05) is 7.11 Å². The third-order valence-corrected chi connectivity index (χ3v) is 2.25. The van der Waals surface area contributed by atoms with E-state index in [9.17, 15) is 14.7 Å². The number of fused-ring (bicyclic) bond motifs is 1. The highest BCUT2D eigenvalue weighted by atomic mass is 16.5. The fourth-order valence-electron chi connectivity index (χ4n) is 1.56. The Balaban J connectivity index is 2.69. The van der Waals surface area contributed by atoms with Gasteiger partial charge in [-0.05, 0) is 6.07 Å². The molecular formula is C10H8O4. The largest absolute Gasteiger partial charge is 0.496 e. The van der Waals surface area contributed by atoms with Crippen LogP contribution < -0.4 is 4.74 Å². The van der Waals surface area contributed by atoms with Gasteiger partial charge in [0.25, 0.3) is 0 Å². The molecule has 0 aromatic heterocycles. The predicted molar refractivity (Wildman–Crippen MR) is 47.7 cm³/mol. The van der Waals surface area contributed by atoms with Crippen molar-refractivity contribution >= 4 is 11.6 Å². The minimum atomic E-state index is -1.55. The van der Waals surface area contributed by atoms with E-state index >= 15 is 0 Å². The van der Waals surface area contributed by atoms with Gasteiger partial charge in [-0.1, -0.05) is 12.1 Å². The van der Waals surface area contributed by atoms with E-state index in [-0.39, 0.29) is 11.1 Å². The number of methoxy groups -OCH3 is 1. The van der Waals surface area contributed by atoms with E-state index in [1.54, 1.807) is 12.1 Å². The summed E-state index contributed by atoms with van der Waals surface area (Å²) in [5, 5.41) is 9.25. The first-order valence-corrected chi connectivity index (χ1v) is 4.10. The Morgan fingerprint density at radius 3 is 2.64 bits per heavy atom. The molecule has 0 aliphatic heterocycles. The van der Waals surface area contributed by atoms with Crippen LogP contribution in [0.1, 0.15) is 20.7 Å². The Kier molecular flexibility index (Phi) is 1.86. The number of rotatable bonds is 1. The number of ketones is 2. The third-order valence-electron chi connectivity index (χ3n) is 2.25. The second-order valence-corrected chi connectivity index (χ2v) is 3.01. The van der Waals surface area contributed by atoms with Crippen LogP contribution in [0.15, 0.2) is 18.2 Å². The van der Waals surface area contributed by atoms with Crippen LogP contribution in [0.3, 0.4) is 0 Å². The minimum absolute atomic E-state index is 0.188. The lowest BCUT2D eigenvalue weighted by molar-refractivity contribution is 0.0662. The molecule has 0 fully saturated rings. The van der Waals surface area contributed by atoms with Crippen molar-refractivity contribution in [2.45, 2.75) is 6.10 Å². The normalized spacial score (nSPS) is 19.7. The average molecular weight is 192 g/mol. The van der Waals surface area contributed by atoms with Gasteiger partial charge in [0.15, 0.2) is 11.9 Å². The number of hydrogen-bond acceptors (Lipinski definition) is 4. The molecule has 4 nitrogen and oxygen atoms in total. The molecule has 0 radical (unpaired) electrons. The summed E-state index contributed by atoms with van der Waals surface area (Å²) in [6.07, 6.45) is -1.55. The molecule has 1 aromatic rings. The van der Waals surface area contributed by atoms with Crippen LogP contribution in [0, 0.1) is 0 Å². The summed E-state index contributed by atoms with van der Waals surface area (Å²) in [5.41, 5.74) is 0.425. The maximum atomic E-state index is 11.4. The highest BCUT2D eigenvalue weighted by Gasteiger charge is 2.39. The Labute approximate surface area is 80.1 Å². The maximum absolute atomic E-state index is 11.4. The number of Topliss-reactive ketones (excluding diaryl/α,β-unsaturated/α-hetero) is 2. The van der Waals surface area contributed by atoms with E-state index in [2.05, 4.69) is 0 Å². The van der Waals surface area contributed by atoms with Crippen LogP contribution in [-0.2, 0) is 0 Å². The minimum Gasteiger partial charge on any atom is -0.496 e. The van der Waals surface area contributed by atoms with Crippen LogP contribution in [0.25, 0.3) is 0 Å². The Bertz CT molecular complexity index is 422. The maximum Gasteiger partial charge on any atom is 0.203 e. The van der Waals surface area contributed by atoms with Crippen molar-refractivity contribution in [3.63, 3.8) is 0 Å². The smallest absolute Gasteiger partial charge is 0.203 e. The molecule has 0 saturated heterocycles. The zero-order valence-electron chi connectivity index (χ0n) is 7.48. The molecule has 1 aromatic carbocycles. The Morgan fingerprint density at radius 1 is 1.29 bits per heavy atom. The summed E-state index contributed by atoms with van der Waals surface area (Å²) in [7, 11) is 1.41. The molecule has 0 amide bonds. The lowest BCUT2D eigenvalue weighted by Crippen LogP contribution is -2.20. The van der Waals surface area contributed by atoms with Crippen molar-refractivity contribution in [2.24, 2.45) is 0 Å². The van der Waals surface area contributed by atoms with Gasteiger partial charge in [-0.2, -0.15) is 0 Å². The molecule has 14 heavy (non-hydrogen) atoms. The number of benzene rings is 1. The lowest BCUT2D eigenvalue weighted by atomic mass is 10.1. The Morgan fingerprint density at radius 2 is 2.00 bits per heavy atom. The number of carbonyl (C=O) groups excluding carboxylic acids is 2. The van der Waals surface area contributed by atoms with Crippen molar-refractivity contribution in [3.8, 4) is 5.75 Å². The zero-order chi connectivity index (χ0) is 10.3. The van der Waals surface area contributed by atoms with Crippen LogP contribution in [0.5, 0.6) is 5.75 Å². The first-order chi connectivity index (χ1) is 6.66. The zero-order valence-corrected chi connectivity index (χ0v) is 7.48. The van der Waals surface area contributed by atoms with Crippen LogP contribution in [0.4, 0.5) is 0 Å². The molecule has 0 spiro atoms. The van der Waals surface area contributed by atoms with Crippen molar-refractivity contribution < 1.29 is 19.4 Å². The molecule has 2 rings (SSSR count). The van der Waals surface area contributed by atoms with Crippen LogP contribution in [-0.4, -0.2) is 29.9 Å². The fourth-order valence-corrected chi connectivity index (χ4v) is 1.56. The second kappa shape index (κ2) is 2.92. The van der Waals surface area contributed by atoms with Crippen molar-refractivity contribution in [1.29, 1.82) is 0 Å². The highest BCUT2D eigenvalue weighted by Crippen LogP contribution is 2.30. The lowest BCUT2D eigenvalue weighted by Gasteiger charge is -2.03. The summed E-state index contributed by atoms with van der Waals surface area (Å²) in [5.74, 6) is -0.802. The van der Waals surface area contributed by atoms with E-state index in [1.807, 2.05) is 0 Å². The monoisotopic (exact) mass is 192 g/mol. The van der Waals surface area contributed by atoms with Crippen LogP contribution in [0.2, 0.25) is 0 Å². The van der Waals surface area contributed by atoms with Gasteiger partial charge in [0, 0.05) is 5.56 Å². The topological polar surface area (TPSA) is 63.6 Å². The standard InChI is InChI=1S/C10H8O4/c1-14-6-4-2-3-5-7(6)9(12)10(13)8(5)11/h2-4,10,13H,1H3.